The van der Waals surface area contributed by atoms with Gasteiger partial charge in [0.25, 0.3) is 0 Å². The van der Waals surface area contributed by atoms with E-state index in [0.29, 0.717) is 10.6 Å². The van der Waals surface area contributed by atoms with E-state index in [0.717, 1.165) is 10.0 Å². The lowest BCUT2D eigenvalue weighted by atomic mass is 10.0. The van der Waals surface area contributed by atoms with Crippen LogP contribution in [0.25, 0.3) is 0 Å². The first-order valence-electron chi connectivity index (χ1n) is 9.68. The number of ether oxygens (including phenoxy) is 1. The predicted molar refractivity (Wildman–Crippen MR) is 122 cm³/mol. The average molecular weight is 511 g/mol. The summed E-state index contributed by atoms with van der Waals surface area (Å²) in [6.07, 6.45) is -0.586. The Labute approximate surface area is 194 Å². The number of nitrogens with two attached hydrogens (primary N) is 1. The molecule has 166 valence electrons. The molecule has 0 aromatic heterocycles. The fraction of sp³-hybridized carbons (Fsp3) is 0.318. The van der Waals surface area contributed by atoms with Crippen LogP contribution in [0.3, 0.4) is 0 Å². The maximum atomic E-state index is 12.8. The van der Waals surface area contributed by atoms with Crippen molar-refractivity contribution in [2.24, 2.45) is 11.7 Å². The Balaban J connectivity index is 2.02. The molecule has 3 amide bonds. The molecular weight excluding hydrogens is 486 g/mol. The molecule has 0 radical (unpaired) electrons. The third-order valence-electron chi connectivity index (χ3n) is 4.53. The van der Waals surface area contributed by atoms with Crippen LogP contribution in [-0.2, 0) is 27.4 Å². The number of hydrogen-bond donors (Lipinski definition) is 3. The highest BCUT2D eigenvalue weighted by Gasteiger charge is 2.29. The van der Waals surface area contributed by atoms with Crippen LogP contribution in [0.1, 0.15) is 25.0 Å². The van der Waals surface area contributed by atoms with E-state index in [4.69, 9.17) is 22.1 Å². The maximum absolute atomic E-state index is 12.8. The van der Waals surface area contributed by atoms with Crippen LogP contribution in [-0.4, -0.2) is 30.0 Å². The van der Waals surface area contributed by atoms with Crippen molar-refractivity contribution in [2.75, 3.05) is 0 Å². The molecule has 0 saturated heterocycles. The summed E-state index contributed by atoms with van der Waals surface area (Å²) in [5.41, 5.74) is 7.04. The number of halogens is 2. The lowest BCUT2D eigenvalue weighted by Gasteiger charge is -2.24. The molecule has 7 nitrogen and oxygen atoms in total. The zero-order valence-electron chi connectivity index (χ0n) is 17.2. The number of alkyl carbamates (subject to hydrolysis) is 1. The van der Waals surface area contributed by atoms with Crippen molar-refractivity contribution in [3.63, 3.8) is 0 Å². The van der Waals surface area contributed by atoms with Gasteiger partial charge < -0.3 is 21.1 Å². The van der Waals surface area contributed by atoms with Gasteiger partial charge in [-0.05, 0) is 35.2 Å². The molecule has 0 aliphatic carbocycles. The van der Waals surface area contributed by atoms with E-state index in [-0.39, 0.29) is 18.9 Å². The molecule has 2 rings (SSSR count). The standard InChI is InChI=1S/C22H25BrClN3O4/c1-13(2)19(27-22(30)31-12-14-6-4-3-5-7-14)21(29)26-18(20(25)28)11-15-10-16(24)8-9-17(15)23/h3-10,13,18-19H,11-12H2,1-2H3,(H2,25,28)(H,26,29)(H,27,30)/t18-,19+/m1/s1. The summed E-state index contributed by atoms with van der Waals surface area (Å²) in [4.78, 5) is 37.0. The van der Waals surface area contributed by atoms with Gasteiger partial charge in [-0.3, -0.25) is 9.59 Å². The molecule has 0 bridgehead atoms. The second-order valence-corrected chi connectivity index (χ2v) is 8.62. The van der Waals surface area contributed by atoms with Gasteiger partial charge in [-0.2, -0.15) is 0 Å². The molecule has 31 heavy (non-hydrogen) atoms. The lowest BCUT2D eigenvalue weighted by Crippen LogP contribution is -2.55. The third-order valence-corrected chi connectivity index (χ3v) is 5.54. The highest BCUT2D eigenvalue weighted by Crippen LogP contribution is 2.22. The molecule has 2 aromatic carbocycles. The van der Waals surface area contributed by atoms with Crippen LogP contribution < -0.4 is 16.4 Å². The van der Waals surface area contributed by atoms with Gasteiger partial charge in [-0.15, -0.1) is 0 Å². The first kappa shape index (κ1) is 24.7. The minimum Gasteiger partial charge on any atom is -0.445 e. The smallest absolute Gasteiger partial charge is 0.408 e. The summed E-state index contributed by atoms with van der Waals surface area (Å²) in [6, 6.07) is 12.4. The number of carbonyl (C=O) groups is 3. The molecular formula is C22H25BrClN3O4. The molecule has 9 heteroatoms. The first-order chi connectivity index (χ1) is 14.7. The molecule has 2 atom stereocenters. The van der Waals surface area contributed by atoms with Crippen LogP contribution >= 0.6 is 27.5 Å². The van der Waals surface area contributed by atoms with E-state index in [1.54, 1.807) is 32.0 Å². The monoisotopic (exact) mass is 509 g/mol. The van der Waals surface area contributed by atoms with Crippen molar-refractivity contribution in [1.29, 1.82) is 0 Å². The number of carbonyl (C=O) groups excluding carboxylic acids is 3. The summed E-state index contributed by atoms with van der Waals surface area (Å²) in [5, 5.41) is 5.68. The van der Waals surface area contributed by atoms with Gasteiger partial charge in [0.05, 0.1) is 0 Å². The normalized spacial score (nSPS) is 12.7. The van der Waals surface area contributed by atoms with Crippen LogP contribution in [0.5, 0.6) is 0 Å². The van der Waals surface area contributed by atoms with Crippen molar-refractivity contribution in [3.8, 4) is 0 Å². The van der Waals surface area contributed by atoms with E-state index in [2.05, 4.69) is 26.6 Å². The van der Waals surface area contributed by atoms with Gasteiger partial charge in [0.1, 0.15) is 18.7 Å². The van der Waals surface area contributed by atoms with Crippen LogP contribution in [0, 0.1) is 5.92 Å². The summed E-state index contributed by atoms with van der Waals surface area (Å²) in [5.74, 6) is -1.49. The number of amides is 3. The van der Waals surface area contributed by atoms with Gasteiger partial charge in [-0.25, -0.2) is 4.79 Å². The van der Waals surface area contributed by atoms with Gasteiger partial charge >= 0.3 is 6.09 Å². The van der Waals surface area contributed by atoms with Gasteiger partial charge in [0, 0.05) is 15.9 Å². The fourth-order valence-corrected chi connectivity index (χ4v) is 3.43. The minimum atomic E-state index is -0.981. The first-order valence-corrected chi connectivity index (χ1v) is 10.8. The van der Waals surface area contributed by atoms with Crippen molar-refractivity contribution in [1.82, 2.24) is 10.6 Å². The summed E-state index contributed by atoms with van der Waals surface area (Å²) in [7, 11) is 0. The molecule has 0 unspecified atom stereocenters. The predicted octanol–water partition coefficient (Wildman–Crippen LogP) is 3.57. The SMILES string of the molecule is CC(C)[C@H](NC(=O)OCc1ccccc1)C(=O)N[C@H](Cc1cc(Cl)ccc1Br)C(N)=O. The highest BCUT2D eigenvalue weighted by atomic mass is 79.9. The number of rotatable bonds is 9. The average Bonchev–Trinajstić information content (AvgIpc) is 2.72. The Hall–Kier alpha value is -2.58. The van der Waals surface area contributed by atoms with E-state index in [9.17, 15) is 14.4 Å². The topological polar surface area (TPSA) is 111 Å². The zero-order valence-corrected chi connectivity index (χ0v) is 19.6. The molecule has 0 aliphatic heterocycles. The van der Waals surface area contributed by atoms with E-state index in [1.807, 2.05) is 30.3 Å². The van der Waals surface area contributed by atoms with E-state index >= 15 is 0 Å². The summed E-state index contributed by atoms with van der Waals surface area (Å²) in [6.45, 7) is 3.62. The minimum absolute atomic E-state index is 0.0752. The molecule has 0 fully saturated rings. The van der Waals surface area contributed by atoms with Crippen LogP contribution in [0.4, 0.5) is 4.79 Å². The Morgan fingerprint density at radius 2 is 1.77 bits per heavy atom. The second-order valence-electron chi connectivity index (χ2n) is 7.33. The molecule has 0 spiro atoms. The molecule has 2 aromatic rings. The Morgan fingerprint density at radius 3 is 2.39 bits per heavy atom. The summed E-state index contributed by atoms with van der Waals surface area (Å²) < 4.78 is 5.93. The Morgan fingerprint density at radius 1 is 1.10 bits per heavy atom. The van der Waals surface area contributed by atoms with E-state index in [1.165, 1.54) is 0 Å². The van der Waals surface area contributed by atoms with Crippen molar-refractivity contribution in [2.45, 2.75) is 39.0 Å². The molecule has 0 aliphatic rings. The number of primary amides is 1. The van der Waals surface area contributed by atoms with E-state index < -0.39 is 30.0 Å². The highest BCUT2D eigenvalue weighted by molar-refractivity contribution is 9.10. The fourth-order valence-electron chi connectivity index (χ4n) is 2.83. The van der Waals surface area contributed by atoms with Crippen molar-refractivity contribution >= 4 is 45.4 Å². The van der Waals surface area contributed by atoms with Crippen LogP contribution in [0.15, 0.2) is 53.0 Å². The van der Waals surface area contributed by atoms with Gasteiger partial charge in [0.2, 0.25) is 11.8 Å². The third kappa shape index (κ3) is 7.88. The number of hydrogen-bond acceptors (Lipinski definition) is 4. The molecule has 0 heterocycles. The van der Waals surface area contributed by atoms with Crippen LogP contribution in [0.2, 0.25) is 5.02 Å². The Bertz CT molecular complexity index is 924. The van der Waals surface area contributed by atoms with Crippen molar-refractivity contribution in [3.05, 3.63) is 69.2 Å². The largest absolute Gasteiger partial charge is 0.445 e. The van der Waals surface area contributed by atoms with Gasteiger partial charge in [0.15, 0.2) is 0 Å². The molecule has 4 N–H and O–H groups in total. The number of nitrogens with one attached hydrogen (secondary N) is 2. The zero-order chi connectivity index (χ0) is 23.0. The number of benzene rings is 2. The lowest BCUT2D eigenvalue weighted by molar-refractivity contribution is -0.129. The molecule has 0 saturated carbocycles. The summed E-state index contributed by atoms with van der Waals surface area (Å²) >= 11 is 9.42. The quantitative estimate of drug-likeness (QED) is 0.479. The second kappa shape index (κ2) is 11.7. The Kier molecular flexibility index (Phi) is 9.33. The maximum Gasteiger partial charge on any atom is 0.408 e. The van der Waals surface area contributed by atoms with Crippen molar-refractivity contribution < 1.29 is 19.1 Å². The van der Waals surface area contributed by atoms with Gasteiger partial charge in [-0.1, -0.05) is 71.7 Å².